The Morgan fingerprint density at radius 2 is 1.79 bits per heavy atom. The third-order valence-electron chi connectivity index (χ3n) is 5.09. The smallest absolute Gasteiger partial charge is 0.266 e. The topological polar surface area (TPSA) is 73.8 Å². The van der Waals surface area contributed by atoms with Crippen molar-refractivity contribution in [1.82, 2.24) is 19.7 Å². The van der Waals surface area contributed by atoms with E-state index in [4.69, 9.17) is 21.0 Å². The van der Waals surface area contributed by atoms with E-state index in [1.54, 1.807) is 22.8 Å². The van der Waals surface area contributed by atoms with Crippen LogP contribution in [0.4, 0.5) is 0 Å². The molecule has 0 amide bonds. The lowest BCUT2D eigenvalue weighted by Crippen LogP contribution is -2.21. The number of aromatic nitrogens is 4. The molecule has 2 aromatic heterocycles. The van der Waals surface area contributed by atoms with Gasteiger partial charge in [-0.05, 0) is 48.4 Å². The molecular formula is C25H19ClN4O2S. The van der Waals surface area contributed by atoms with Crippen molar-refractivity contribution in [2.24, 2.45) is 0 Å². The quantitative estimate of drug-likeness (QED) is 0.235. The highest BCUT2D eigenvalue weighted by molar-refractivity contribution is 7.98. The van der Waals surface area contributed by atoms with E-state index >= 15 is 0 Å². The number of hydrogen-bond acceptors (Lipinski definition) is 6. The number of aryl methyl sites for hydroxylation is 1. The Kier molecular flexibility index (Phi) is 5.98. The van der Waals surface area contributed by atoms with E-state index in [0.29, 0.717) is 45.0 Å². The second-order valence-electron chi connectivity index (χ2n) is 7.58. The zero-order valence-corrected chi connectivity index (χ0v) is 19.3. The third-order valence-corrected chi connectivity index (χ3v) is 6.25. The molecule has 0 radical (unpaired) electrons. The summed E-state index contributed by atoms with van der Waals surface area (Å²) < 4.78 is 7.45. The summed E-state index contributed by atoms with van der Waals surface area (Å²) >= 11 is 7.52. The van der Waals surface area contributed by atoms with Gasteiger partial charge >= 0.3 is 0 Å². The van der Waals surface area contributed by atoms with Crippen molar-refractivity contribution in [2.75, 3.05) is 0 Å². The largest absolute Gasteiger partial charge is 0.424 e. The summed E-state index contributed by atoms with van der Waals surface area (Å²) in [4.78, 5) is 18.2. The van der Waals surface area contributed by atoms with E-state index in [0.717, 1.165) is 16.8 Å². The van der Waals surface area contributed by atoms with Crippen LogP contribution in [0.25, 0.3) is 16.6 Å². The number of halogens is 1. The molecule has 5 rings (SSSR count). The monoisotopic (exact) mass is 474 g/mol. The second kappa shape index (κ2) is 9.21. The predicted octanol–water partition coefficient (Wildman–Crippen LogP) is 5.61. The standard InChI is InChI=1S/C25H19ClN4O2S/c1-16-6-5-9-19(12-16)30-24(31)20-11-10-18(26)14-21(20)27-25(30)33-15-23-29-28-22(32-23)13-17-7-3-2-4-8-17/h2-12,14H,13,15H2,1H3. The molecule has 33 heavy (non-hydrogen) atoms. The summed E-state index contributed by atoms with van der Waals surface area (Å²) in [6.45, 7) is 1.99. The molecule has 0 fully saturated rings. The van der Waals surface area contributed by atoms with Gasteiger partial charge in [-0.1, -0.05) is 65.8 Å². The first-order chi connectivity index (χ1) is 16.1. The highest BCUT2D eigenvalue weighted by Gasteiger charge is 2.16. The molecule has 164 valence electrons. The van der Waals surface area contributed by atoms with Crippen LogP contribution >= 0.6 is 23.4 Å². The molecule has 5 aromatic rings. The summed E-state index contributed by atoms with van der Waals surface area (Å²) in [6, 6.07) is 22.8. The van der Waals surface area contributed by atoms with Gasteiger partial charge < -0.3 is 4.42 Å². The Labute approximate surface area is 199 Å². The molecule has 0 unspecified atom stereocenters. The van der Waals surface area contributed by atoms with Crippen LogP contribution in [-0.4, -0.2) is 19.7 Å². The fourth-order valence-corrected chi connectivity index (χ4v) is 4.56. The lowest BCUT2D eigenvalue weighted by Gasteiger charge is -2.13. The van der Waals surface area contributed by atoms with Gasteiger partial charge in [-0.15, -0.1) is 10.2 Å². The van der Waals surface area contributed by atoms with Gasteiger partial charge in [-0.3, -0.25) is 9.36 Å². The van der Waals surface area contributed by atoms with Crippen LogP contribution in [0.5, 0.6) is 0 Å². The molecule has 8 heteroatoms. The maximum absolute atomic E-state index is 13.4. The molecule has 0 bridgehead atoms. The number of nitrogens with zero attached hydrogens (tertiary/aromatic N) is 4. The van der Waals surface area contributed by atoms with Crippen molar-refractivity contribution < 1.29 is 4.42 Å². The molecule has 0 N–H and O–H groups in total. The van der Waals surface area contributed by atoms with Crippen LogP contribution in [0.15, 0.2) is 87.2 Å². The van der Waals surface area contributed by atoms with Crippen LogP contribution in [-0.2, 0) is 12.2 Å². The molecule has 0 spiro atoms. The first kappa shape index (κ1) is 21.4. The van der Waals surface area contributed by atoms with Crippen molar-refractivity contribution in [3.63, 3.8) is 0 Å². The molecule has 0 aliphatic heterocycles. The zero-order valence-electron chi connectivity index (χ0n) is 17.7. The van der Waals surface area contributed by atoms with E-state index in [9.17, 15) is 4.79 Å². The van der Waals surface area contributed by atoms with Crippen LogP contribution in [0, 0.1) is 6.92 Å². The predicted molar refractivity (Wildman–Crippen MR) is 130 cm³/mol. The minimum Gasteiger partial charge on any atom is -0.424 e. The van der Waals surface area contributed by atoms with Crippen LogP contribution in [0.1, 0.15) is 22.9 Å². The SMILES string of the molecule is Cc1cccc(-n2c(SCc3nnc(Cc4ccccc4)o3)nc3cc(Cl)ccc3c2=O)c1. The van der Waals surface area contributed by atoms with Crippen LogP contribution in [0.2, 0.25) is 5.02 Å². The number of rotatable bonds is 6. The molecule has 2 heterocycles. The fourth-order valence-electron chi connectivity index (χ4n) is 3.54. The first-order valence-electron chi connectivity index (χ1n) is 10.3. The second-order valence-corrected chi connectivity index (χ2v) is 8.95. The molecule has 3 aromatic carbocycles. The number of thioether (sulfide) groups is 1. The fraction of sp³-hybridized carbons (Fsp3) is 0.120. The summed E-state index contributed by atoms with van der Waals surface area (Å²) in [5.41, 5.74) is 3.30. The Bertz CT molecular complexity index is 1500. The van der Waals surface area contributed by atoms with Crippen LogP contribution < -0.4 is 5.56 Å². The maximum Gasteiger partial charge on any atom is 0.266 e. The summed E-state index contributed by atoms with van der Waals surface area (Å²) in [7, 11) is 0. The summed E-state index contributed by atoms with van der Waals surface area (Å²) in [5.74, 6) is 1.40. The molecule has 0 atom stereocenters. The normalized spacial score (nSPS) is 11.2. The van der Waals surface area contributed by atoms with Gasteiger partial charge in [-0.25, -0.2) is 4.98 Å². The summed E-state index contributed by atoms with van der Waals surface area (Å²) in [6.07, 6.45) is 0.569. The summed E-state index contributed by atoms with van der Waals surface area (Å²) in [5, 5.41) is 9.89. The van der Waals surface area contributed by atoms with Crippen molar-refractivity contribution >= 4 is 34.3 Å². The van der Waals surface area contributed by atoms with Crippen molar-refractivity contribution in [3.05, 3.63) is 111 Å². The number of fused-ring (bicyclic) bond motifs is 1. The van der Waals surface area contributed by atoms with E-state index in [-0.39, 0.29) is 5.56 Å². The average molecular weight is 475 g/mol. The Morgan fingerprint density at radius 1 is 0.970 bits per heavy atom. The van der Waals surface area contributed by atoms with Gasteiger partial charge in [0.25, 0.3) is 5.56 Å². The highest BCUT2D eigenvalue weighted by Crippen LogP contribution is 2.26. The van der Waals surface area contributed by atoms with Gasteiger partial charge in [0.2, 0.25) is 11.8 Å². The Balaban J connectivity index is 1.48. The van der Waals surface area contributed by atoms with E-state index < -0.39 is 0 Å². The minimum absolute atomic E-state index is 0.153. The lowest BCUT2D eigenvalue weighted by molar-refractivity contribution is 0.474. The molecular weight excluding hydrogens is 456 g/mol. The van der Waals surface area contributed by atoms with Crippen LogP contribution in [0.3, 0.4) is 0 Å². The lowest BCUT2D eigenvalue weighted by atomic mass is 10.2. The Morgan fingerprint density at radius 3 is 2.61 bits per heavy atom. The highest BCUT2D eigenvalue weighted by atomic mass is 35.5. The average Bonchev–Trinajstić information content (AvgIpc) is 3.25. The van der Waals surface area contributed by atoms with Gasteiger partial charge in [0.05, 0.1) is 28.8 Å². The van der Waals surface area contributed by atoms with Gasteiger partial charge in [0, 0.05) is 5.02 Å². The third kappa shape index (κ3) is 4.69. The maximum atomic E-state index is 13.4. The van der Waals surface area contributed by atoms with Crippen molar-refractivity contribution in [1.29, 1.82) is 0 Å². The van der Waals surface area contributed by atoms with E-state index in [1.807, 2.05) is 61.5 Å². The number of benzene rings is 3. The number of hydrogen-bond donors (Lipinski definition) is 0. The van der Waals surface area contributed by atoms with E-state index in [1.165, 1.54) is 11.8 Å². The first-order valence-corrected chi connectivity index (χ1v) is 11.7. The van der Waals surface area contributed by atoms with Crippen molar-refractivity contribution in [3.8, 4) is 5.69 Å². The molecule has 0 saturated heterocycles. The molecule has 6 nitrogen and oxygen atoms in total. The van der Waals surface area contributed by atoms with Crippen molar-refractivity contribution in [2.45, 2.75) is 24.3 Å². The Hall–Kier alpha value is -3.42. The molecule has 0 saturated carbocycles. The minimum atomic E-state index is -0.153. The molecule has 0 aliphatic carbocycles. The van der Waals surface area contributed by atoms with E-state index in [2.05, 4.69) is 10.2 Å². The van der Waals surface area contributed by atoms with Gasteiger partial charge in [0.15, 0.2) is 5.16 Å². The zero-order chi connectivity index (χ0) is 22.8. The molecule has 0 aliphatic rings. The van der Waals surface area contributed by atoms with Gasteiger partial charge in [0.1, 0.15) is 0 Å². The van der Waals surface area contributed by atoms with Gasteiger partial charge in [-0.2, -0.15) is 0 Å².